The van der Waals surface area contributed by atoms with E-state index in [9.17, 15) is 13.2 Å². The molecule has 0 atom stereocenters. The van der Waals surface area contributed by atoms with Crippen LogP contribution in [0.4, 0.5) is 0 Å². The van der Waals surface area contributed by atoms with Crippen molar-refractivity contribution in [1.29, 1.82) is 0 Å². The molecule has 0 saturated heterocycles. The Balaban J connectivity index is 2.18. The van der Waals surface area contributed by atoms with Crippen LogP contribution in [0.2, 0.25) is 0 Å². The monoisotopic (exact) mass is 343 g/mol. The zero-order chi connectivity index (χ0) is 17.3. The van der Waals surface area contributed by atoms with Crippen LogP contribution in [0.25, 0.3) is 10.9 Å². The lowest BCUT2D eigenvalue weighted by molar-refractivity contribution is 0.340. The minimum atomic E-state index is -3.90. The highest BCUT2D eigenvalue weighted by molar-refractivity contribution is 7.91. The van der Waals surface area contributed by atoms with Crippen LogP contribution in [0.5, 0.6) is 5.75 Å². The van der Waals surface area contributed by atoms with Crippen LogP contribution in [-0.2, 0) is 16.9 Å². The Bertz CT molecular complexity index is 1050. The summed E-state index contributed by atoms with van der Waals surface area (Å²) in [4.78, 5) is 12.5. The van der Waals surface area contributed by atoms with Gasteiger partial charge in [0.25, 0.3) is 0 Å². The summed E-state index contributed by atoms with van der Waals surface area (Å²) < 4.78 is 32.7. The summed E-state index contributed by atoms with van der Waals surface area (Å²) in [7, 11) is -2.18. The average molecular weight is 343 g/mol. The second-order valence-corrected chi connectivity index (χ2v) is 7.28. The quantitative estimate of drug-likeness (QED) is 0.731. The van der Waals surface area contributed by atoms with Crippen LogP contribution < -0.4 is 10.2 Å². The fraction of sp³-hybridized carbons (Fsp3) is 0.167. The highest BCUT2D eigenvalue weighted by atomic mass is 32.2. The molecule has 0 amide bonds. The van der Waals surface area contributed by atoms with Crippen molar-refractivity contribution in [1.82, 2.24) is 4.57 Å². The van der Waals surface area contributed by atoms with Crippen molar-refractivity contribution in [3.63, 3.8) is 0 Å². The van der Waals surface area contributed by atoms with E-state index in [1.54, 1.807) is 41.9 Å². The van der Waals surface area contributed by atoms with Crippen molar-refractivity contribution < 1.29 is 13.2 Å². The lowest BCUT2D eigenvalue weighted by atomic mass is 10.2. The van der Waals surface area contributed by atoms with E-state index in [1.807, 2.05) is 13.0 Å². The van der Waals surface area contributed by atoms with Gasteiger partial charge in [0.1, 0.15) is 10.6 Å². The van der Waals surface area contributed by atoms with Gasteiger partial charge in [0.05, 0.1) is 17.0 Å². The molecule has 0 unspecified atom stereocenters. The molecule has 0 radical (unpaired) electrons. The molecule has 0 spiro atoms. The number of hydrogen-bond donors (Lipinski definition) is 0. The Morgan fingerprint density at radius 2 is 1.71 bits per heavy atom. The molecule has 3 rings (SSSR count). The zero-order valence-corrected chi connectivity index (χ0v) is 14.2. The van der Waals surface area contributed by atoms with E-state index in [0.29, 0.717) is 23.3 Å². The molecule has 0 N–H and O–H groups in total. The number of rotatable bonds is 4. The average Bonchev–Trinajstić information content (AvgIpc) is 2.59. The Morgan fingerprint density at radius 3 is 2.38 bits per heavy atom. The normalized spacial score (nSPS) is 11.6. The fourth-order valence-electron chi connectivity index (χ4n) is 2.61. The van der Waals surface area contributed by atoms with Gasteiger partial charge in [0.15, 0.2) is 0 Å². The van der Waals surface area contributed by atoms with E-state index in [4.69, 9.17) is 4.74 Å². The molecule has 2 aromatic carbocycles. The van der Waals surface area contributed by atoms with E-state index in [2.05, 4.69) is 0 Å². The van der Waals surface area contributed by atoms with Gasteiger partial charge < -0.3 is 9.30 Å². The Morgan fingerprint density at radius 1 is 1.04 bits per heavy atom. The van der Waals surface area contributed by atoms with Crippen LogP contribution in [-0.4, -0.2) is 19.6 Å². The summed E-state index contributed by atoms with van der Waals surface area (Å²) in [6.45, 7) is 2.35. The van der Waals surface area contributed by atoms with Crippen LogP contribution >= 0.6 is 0 Å². The van der Waals surface area contributed by atoms with E-state index >= 15 is 0 Å². The minimum Gasteiger partial charge on any atom is -0.494 e. The molecule has 5 nitrogen and oxygen atoms in total. The number of benzene rings is 2. The van der Waals surface area contributed by atoms with Crippen molar-refractivity contribution in [3.05, 3.63) is 65.0 Å². The summed E-state index contributed by atoms with van der Waals surface area (Å²) in [5, 5.41) is 0.381. The van der Waals surface area contributed by atoms with Crippen LogP contribution in [0.1, 0.15) is 6.92 Å². The number of pyridine rings is 1. The lowest BCUT2D eigenvalue weighted by Gasteiger charge is -2.10. The third kappa shape index (κ3) is 2.69. The van der Waals surface area contributed by atoms with Crippen molar-refractivity contribution in [3.8, 4) is 5.75 Å². The second-order valence-electron chi connectivity index (χ2n) is 5.36. The van der Waals surface area contributed by atoms with Gasteiger partial charge >= 0.3 is 0 Å². The van der Waals surface area contributed by atoms with Gasteiger partial charge in [-0.3, -0.25) is 4.79 Å². The van der Waals surface area contributed by atoms with E-state index in [0.717, 1.165) is 0 Å². The number of aryl methyl sites for hydroxylation is 1. The van der Waals surface area contributed by atoms with Gasteiger partial charge in [-0.15, -0.1) is 0 Å². The summed E-state index contributed by atoms with van der Waals surface area (Å²) in [6.07, 6.45) is 1.37. The highest BCUT2D eigenvalue weighted by Gasteiger charge is 2.23. The number of sulfone groups is 1. The molecule has 1 aromatic heterocycles. The first-order chi connectivity index (χ1) is 11.4. The topological polar surface area (TPSA) is 65.4 Å². The number of fused-ring (bicyclic) bond motifs is 1. The first kappa shape index (κ1) is 16.3. The predicted octanol–water partition coefficient (Wildman–Crippen LogP) is 2.77. The molecule has 0 aliphatic heterocycles. The van der Waals surface area contributed by atoms with Crippen LogP contribution in [0, 0.1) is 0 Å². The molecule has 0 aliphatic carbocycles. The molecule has 3 aromatic rings. The van der Waals surface area contributed by atoms with Gasteiger partial charge in [-0.25, -0.2) is 8.42 Å². The van der Waals surface area contributed by atoms with Crippen molar-refractivity contribution >= 4 is 20.7 Å². The first-order valence-corrected chi connectivity index (χ1v) is 9.00. The maximum atomic E-state index is 12.9. The predicted molar refractivity (Wildman–Crippen MR) is 92.3 cm³/mol. The van der Waals surface area contributed by atoms with Crippen molar-refractivity contribution in [2.75, 3.05) is 6.61 Å². The minimum absolute atomic E-state index is 0.0679. The first-order valence-electron chi connectivity index (χ1n) is 7.51. The van der Waals surface area contributed by atoms with E-state index in [1.165, 1.54) is 18.3 Å². The van der Waals surface area contributed by atoms with Gasteiger partial charge in [-0.05, 0) is 43.3 Å². The summed E-state index contributed by atoms with van der Waals surface area (Å²) in [5.74, 6) is 0.586. The highest BCUT2D eigenvalue weighted by Crippen LogP contribution is 2.22. The van der Waals surface area contributed by atoms with E-state index < -0.39 is 15.3 Å². The van der Waals surface area contributed by atoms with Crippen molar-refractivity contribution in [2.24, 2.45) is 7.05 Å². The molecule has 24 heavy (non-hydrogen) atoms. The molecular formula is C18H17NO4S. The molecule has 6 heteroatoms. The van der Waals surface area contributed by atoms with Crippen molar-refractivity contribution in [2.45, 2.75) is 16.7 Å². The zero-order valence-electron chi connectivity index (χ0n) is 13.4. The largest absolute Gasteiger partial charge is 0.494 e. The van der Waals surface area contributed by atoms with E-state index in [-0.39, 0.29) is 9.79 Å². The van der Waals surface area contributed by atoms with Gasteiger partial charge in [-0.2, -0.15) is 0 Å². The fourth-order valence-corrected chi connectivity index (χ4v) is 4.01. The summed E-state index contributed by atoms with van der Waals surface area (Å²) >= 11 is 0. The van der Waals surface area contributed by atoms with Crippen LogP contribution in [0.3, 0.4) is 0 Å². The number of aromatic nitrogens is 1. The third-order valence-corrected chi connectivity index (χ3v) is 5.56. The molecule has 1 heterocycles. The standard InChI is InChI=1S/C18H17NO4S/c1-3-23-13-8-10-14(11-9-13)24(21,22)17-12-19(2)16-7-5-4-6-15(16)18(17)20/h4-12H,3H2,1-2H3. The smallest absolute Gasteiger partial charge is 0.211 e. The van der Waals surface area contributed by atoms with Gasteiger partial charge in [0.2, 0.25) is 15.3 Å². The number of para-hydroxylation sites is 1. The maximum Gasteiger partial charge on any atom is 0.211 e. The van der Waals surface area contributed by atoms with Crippen LogP contribution in [0.15, 0.2) is 69.3 Å². The molecule has 0 bridgehead atoms. The molecule has 0 aliphatic rings. The molecule has 0 fully saturated rings. The maximum absolute atomic E-state index is 12.9. The third-order valence-electron chi connectivity index (χ3n) is 3.80. The van der Waals surface area contributed by atoms with Gasteiger partial charge in [-0.1, -0.05) is 12.1 Å². The number of nitrogens with zero attached hydrogens (tertiary/aromatic N) is 1. The molecule has 124 valence electrons. The van der Waals surface area contributed by atoms with Gasteiger partial charge in [0, 0.05) is 18.6 Å². The Kier molecular flexibility index (Phi) is 4.15. The second kappa shape index (κ2) is 6.13. The Labute approximate surface area is 140 Å². The molecule has 0 saturated carbocycles. The molecular weight excluding hydrogens is 326 g/mol. The number of ether oxygens (including phenoxy) is 1. The Hall–Kier alpha value is -2.60. The number of hydrogen-bond acceptors (Lipinski definition) is 4. The lowest BCUT2D eigenvalue weighted by Crippen LogP contribution is -2.18. The summed E-state index contributed by atoms with van der Waals surface area (Å²) in [6, 6.07) is 13.0. The summed E-state index contributed by atoms with van der Waals surface area (Å²) in [5.41, 5.74) is 0.200. The SMILES string of the molecule is CCOc1ccc(S(=O)(=O)c2cn(C)c3ccccc3c2=O)cc1.